The van der Waals surface area contributed by atoms with Crippen LogP contribution < -0.4 is 10.0 Å². The summed E-state index contributed by atoms with van der Waals surface area (Å²) in [4.78, 5) is 20.6. The van der Waals surface area contributed by atoms with E-state index in [2.05, 4.69) is 39.5 Å². The van der Waals surface area contributed by atoms with Gasteiger partial charge in [-0.15, -0.1) is 10.2 Å². The molecule has 1 aliphatic rings. The standard InChI is InChI=1S/C21H34N8O4S/c1-20(2,3)33-19(30)29-13-15(12-21(29,4)5)8-7-11-28(14-16-24-26-27-25-16)17-9-6-10-18(23-17)34(22,31)32/h6,9-10,15H,7-8,11-14H2,1-5H3,(H2,22,31,32)(H,24,25,26,27)/t15-/m0/s1. The number of amides is 1. The number of pyridine rings is 1. The Morgan fingerprint density at radius 3 is 2.71 bits per heavy atom. The molecule has 0 unspecified atom stereocenters. The Balaban J connectivity index is 1.66. The Bertz CT molecular complexity index is 1080. The number of nitrogens with zero attached hydrogens (tertiary/aromatic N) is 6. The maximum absolute atomic E-state index is 12.7. The number of tetrazole rings is 1. The summed E-state index contributed by atoms with van der Waals surface area (Å²) in [5.41, 5.74) is -0.831. The van der Waals surface area contributed by atoms with E-state index in [1.165, 1.54) is 6.07 Å². The maximum atomic E-state index is 12.7. The molecular formula is C21H34N8O4S. The molecule has 2 aromatic rings. The Morgan fingerprint density at radius 1 is 1.35 bits per heavy atom. The van der Waals surface area contributed by atoms with Crippen molar-refractivity contribution in [1.82, 2.24) is 30.5 Å². The number of aromatic amines is 1. The van der Waals surface area contributed by atoms with Gasteiger partial charge in [0.05, 0.1) is 6.54 Å². The number of nitrogens with one attached hydrogen (secondary N) is 1. The Kier molecular flexibility index (Phi) is 7.46. The molecule has 1 aliphatic heterocycles. The number of H-pyrrole nitrogens is 1. The third kappa shape index (κ3) is 6.86. The molecule has 1 saturated heterocycles. The number of ether oxygens (including phenoxy) is 1. The monoisotopic (exact) mass is 494 g/mol. The van der Waals surface area contributed by atoms with Crippen LogP contribution in [-0.2, 0) is 21.3 Å². The third-order valence-electron chi connectivity index (χ3n) is 5.66. The highest BCUT2D eigenvalue weighted by Crippen LogP contribution is 2.36. The van der Waals surface area contributed by atoms with Gasteiger partial charge in [-0.2, -0.15) is 5.21 Å². The molecule has 1 amide bonds. The Morgan fingerprint density at radius 2 is 2.09 bits per heavy atom. The molecule has 12 nitrogen and oxygen atoms in total. The SMILES string of the molecule is CC(C)(C)OC(=O)N1C[C@@H](CCCN(Cc2nn[nH]n2)c2cccc(S(N)(=O)=O)n2)CC1(C)C. The molecule has 3 rings (SSSR count). The first kappa shape index (κ1) is 25.8. The highest BCUT2D eigenvalue weighted by molar-refractivity contribution is 7.89. The average molecular weight is 495 g/mol. The van der Waals surface area contributed by atoms with E-state index in [1.54, 1.807) is 12.1 Å². The Labute approximate surface area is 200 Å². The van der Waals surface area contributed by atoms with Gasteiger partial charge in [0.25, 0.3) is 10.0 Å². The lowest BCUT2D eigenvalue weighted by atomic mass is 9.93. The lowest BCUT2D eigenvalue weighted by Gasteiger charge is -2.33. The molecule has 2 aromatic heterocycles. The van der Waals surface area contributed by atoms with Gasteiger partial charge in [-0.1, -0.05) is 11.3 Å². The van der Waals surface area contributed by atoms with Gasteiger partial charge in [0.15, 0.2) is 10.9 Å². The number of carbonyl (C=O) groups excluding carboxylic acids is 1. The fourth-order valence-electron chi connectivity index (χ4n) is 4.22. The highest BCUT2D eigenvalue weighted by Gasteiger charge is 2.42. The maximum Gasteiger partial charge on any atom is 0.410 e. The molecule has 0 bridgehead atoms. The van der Waals surface area contributed by atoms with E-state index in [0.29, 0.717) is 37.2 Å². The van der Waals surface area contributed by atoms with Crippen molar-refractivity contribution in [3.63, 3.8) is 0 Å². The van der Waals surface area contributed by atoms with Crippen LogP contribution >= 0.6 is 0 Å². The van der Waals surface area contributed by atoms with E-state index in [1.807, 2.05) is 30.6 Å². The number of primary sulfonamides is 1. The number of likely N-dealkylation sites (tertiary alicyclic amines) is 1. The summed E-state index contributed by atoms with van der Waals surface area (Å²) in [6, 6.07) is 4.68. The summed E-state index contributed by atoms with van der Waals surface area (Å²) in [7, 11) is -3.93. The molecule has 3 N–H and O–H groups in total. The normalized spacial score (nSPS) is 18.2. The van der Waals surface area contributed by atoms with Gasteiger partial charge in [0.1, 0.15) is 11.4 Å². The number of carbonyl (C=O) groups is 1. The van der Waals surface area contributed by atoms with Gasteiger partial charge < -0.3 is 14.5 Å². The number of hydrogen-bond donors (Lipinski definition) is 2. The minimum Gasteiger partial charge on any atom is -0.444 e. The summed E-state index contributed by atoms with van der Waals surface area (Å²) in [6.45, 7) is 11.2. The van der Waals surface area contributed by atoms with E-state index in [-0.39, 0.29) is 16.7 Å². The molecule has 188 valence electrons. The topological polar surface area (TPSA) is 160 Å². The van der Waals surface area contributed by atoms with Crippen molar-refractivity contribution in [2.45, 2.75) is 76.6 Å². The van der Waals surface area contributed by atoms with Crippen molar-refractivity contribution in [2.24, 2.45) is 11.1 Å². The minimum absolute atomic E-state index is 0.200. The lowest BCUT2D eigenvalue weighted by molar-refractivity contribution is 0.0131. The van der Waals surface area contributed by atoms with Crippen molar-refractivity contribution in [3.05, 3.63) is 24.0 Å². The van der Waals surface area contributed by atoms with E-state index in [0.717, 1.165) is 19.3 Å². The van der Waals surface area contributed by atoms with E-state index in [9.17, 15) is 13.2 Å². The number of rotatable bonds is 8. The predicted octanol–water partition coefficient (Wildman–Crippen LogP) is 2.06. The van der Waals surface area contributed by atoms with Gasteiger partial charge in [-0.05, 0) is 71.9 Å². The van der Waals surface area contributed by atoms with Crippen LogP contribution in [0.2, 0.25) is 0 Å². The van der Waals surface area contributed by atoms with Crippen LogP contribution in [0.4, 0.5) is 10.6 Å². The van der Waals surface area contributed by atoms with Crippen molar-refractivity contribution in [2.75, 3.05) is 18.0 Å². The molecule has 34 heavy (non-hydrogen) atoms. The minimum atomic E-state index is -3.93. The molecular weight excluding hydrogens is 460 g/mol. The zero-order chi connectivity index (χ0) is 25.1. The molecule has 0 aliphatic carbocycles. The van der Waals surface area contributed by atoms with Crippen molar-refractivity contribution in [1.29, 1.82) is 0 Å². The molecule has 0 radical (unpaired) electrons. The Hall–Kier alpha value is -2.80. The highest BCUT2D eigenvalue weighted by atomic mass is 32.2. The number of nitrogens with two attached hydrogens (primary N) is 1. The molecule has 3 heterocycles. The van der Waals surface area contributed by atoms with Crippen LogP contribution in [0.25, 0.3) is 0 Å². The summed E-state index contributed by atoms with van der Waals surface area (Å²) in [5, 5.41) is 19.1. The van der Waals surface area contributed by atoms with E-state index < -0.39 is 15.6 Å². The zero-order valence-corrected chi connectivity index (χ0v) is 21.2. The van der Waals surface area contributed by atoms with Crippen molar-refractivity contribution >= 4 is 21.9 Å². The second-order valence-corrected chi connectivity index (χ2v) is 11.8. The second kappa shape index (κ2) is 9.82. The number of aromatic nitrogens is 5. The molecule has 0 aromatic carbocycles. The van der Waals surface area contributed by atoms with Gasteiger partial charge in [-0.3, -0.25) is 0 Å². The van der Waals surface area contributed by atoms with Gasteiger partial charge >= 0.3 is 6.09 Å². The summed E-state index contributed by atoms with van der Waals surface area (Å²) in [5.74, 6) is 1.23. The van der Waals surface area contributed by atoms with Crippen LogP contribution in [0.5, 0.6) is 0 Å². The quantitative estimate of drug-likeness (QED) is 0.559. The van der Waals surface area contributed by atoms with Crippen LogP contribution in [0.3, 0.4) is 0 Å². The smallest absolute Gasteiger partial charge is 0.410 e. The first-order valence-electron chi connectivity index (χ1n) is 11.2. The first-order valence-corrected chi connectivity index (χ1v) is 12.8. The number of hydrogen-bond acceptors (Lipinski definition) is 9. The molecule has 0 saturated carbocycles. The van der Waals surface area contributed by atoms with Crippen LogP contribution in [-0.4, -0.2) is 69.2 Å². The summed E-state index contributed by atoms with van der Waals surface area (Å²) >= 11 is 0. The fraction of sp³-hybridized carbons (Fsp3) is 0.667. The van der Waals surface area contributed by atoms with Gasteiger partial charge in [0.2, 0.25) is 0 Å². The summed E-state index contributed by atoms with van der Waals surface area (Å²) in [6.07, 6.45) is 2.25. The van der Waals surface area contributed by atoms with Crippen LogP contribution in [0.15, 0.2) is 23.2 Å². The number of anilines is 1. The predicted molar refractivity (Wildman–Crippen MR) is 125 cm³/mol. The fourth-order valence-corrected chi connectivity index (χ4v) is 4.71. The van der Waals surface area contributed by atoms with E-state index in [4.69, 9.17) is 9.88 Å². The van der Waals surface area contributed by atoms with Crippen molar-refractivity contribution < 1.29 is 17.9 Å². The van der Waals surface area contributed by atoms with Gasteiger partial charge in [-0.25, -0.2) is 23.3 Å². The average Bonchev–Trinajstić information content (AvgIpc) is 3.32. The van der Waals surface area contributed by atoms with Crippen LogP contribution in [0, 0.1) is 5.92 Å². The largest absolute Gasteiger partial charge is 0.444 e. The van der Waals surface area contributed by atoms with Crippen molar-refractivity contribution in [3.8, 4) is 0 Å². The molecule has 1 fully saturated rings. The molecule has 1 atom stereocenters. The molecule has 13 heteroatoms. The van der Waals surface area contributed by atoms with Gasteiger partial charge in [0, 0.05) is 18.6 Å². The third-order valence-corrected chi connectivity index (χ3v) is 6.47. The lowest BCUT2D eigenvalue weighted by Crippen LogP contribution is -2.45. The first-order chi connectivity index (χ1) is 15.7. The number of sulfonamides is 1. The molecule has 0 spiro atoms. The zero-order valence-electron chi connectivity index (χ0n) is 20.4. The second-order valence-electron chi connectivity index (χ2n) is 10.2. The summed E-state index contributed by atoms with van der Waals surface area (Å²) < 4.78 is 29.1. The van der Waals surface area contributed by atoms with E-state index >= 15 is 0 Å². The van der Waals surface area contributed by atoms with Crippen LogP contribution in [0.1, 0.15) is 59.7 Å².